The first-order valence-electron chi connectivity index (χ1n) is 6.95. The topological polar surface area (TPSA) is 35.5 Å². The van der Waals surface area contributed by atoms with E-state index in [1.54, 1.807) is 0 Å². The Hall–Kier alpha value is -0.330. The summed E-state index contributed by atoms with van der Waals surface area (Å²) in [6, 6.07) is -0.119. The van der Waals surface area contributed by atoms with Crippen molar-refractivity contribution in [2.45, 2.75) is 56.8 Å². The minimum absolute atomic E-state index is 0.0106. The zero-order valence-electron chi connectivity index (χ0n) is 11.8. The maximum atomic E-state index is 12.4. The van der Waals surface area contributed by atoms with Crippen LogP contribution in [0.3, 0.4) is 0 Å². The maximum Gasteiger partial charge on any atom is 0.401 e. The average Bonchev–Trinajstić information content (AvgIpc) is 2.34. The molecular formula is C13H25F3N2O. The second kappa shape index (κ2) is 6.90. The first-order valence-corrected chi connectivity index (χ1v) is 6.95. The smallest absolute Gasteiger partial charge is 0.394 e. The molecule has 2 atom stereocenters. The van der Waals surface area contributed by atoms with Crippen LogP contribution in [0.15, 0.2) is 0 Å². The van der Waals surface area contributed by atoms with E-state index in [9.17, 15) is 18.3 Å². The molecule has 0 saturated heterocycles. The summed E-state index contributed by atoms with van der Waals surface area (Å²) in [7, 11) is 1.52. The fraction of sp³-hybridized carbons (Fsp3) is 1.00. The van der Waals surface area contributed by atoms with Crippen molar-refractivity contribution in [3.05, 3.63) is 0 Å². The molecule has 6 heteroatoms. The van der Waals surface area contributed by atoms with Gasteiger partial charge in [0.15, 0.2) is 0 Å². The van der Waals surface area contributed by atoms with E-state index in [0.29, 0.717) is 6.42 Å². The Bertz CT molecular complexity index is 273. The third-order valence-corrected chi connectivity index (χ3v) is 3.92. The van der Waals surface area contributed by atoms with E-state index in [1.807, 2.05) is 6.92 Å². The van der Waals surface area contributed by atoms with Crippen LogP contribution >= 0.6 is 0 Å². The minimum Gasteiger partial charge on any atom is -0.394 e. The fourth-order valence-electron chi connectivity index (χ4n) is 2.87. The number of aliphatic hydroxyl groups excluding tert-OH is 1. The predicted octanol–water partition coefficient (Wildman–Crippen LogP) is 2.15. The first kappa shape index (κ1) is 16.7. The van der Waals surface area contributed by atoms with Gasteiger partial charge in [-0.3, -0.25) is 4.90 Å². The van der Waals surface area contributed by atoms with Crippen molar-refractivity contribution in [3.8, 4) is 0 Å². The van der Waals surface area contributed by atoms with Crippen LogP contribution in [-0.2, 0) is 0 Å². The minimum atomic E-state index is -4.16. The molecule has 1 rings (SSSR count). The van der Waals surface area contributed by atoms with Gasteiger partial charge >= 0.3 is 6.18 Å². The SMILES string of the molecule is CCCNC1(CO)CCCC(N(C)CC(F)(F)F)C1. The molecule has 3 nitrogen and oxygen atoms in total. The van der Waals surface area contributed by atoms with Gasteiger partial charge in [0.05, 0.1) is 13.2 Å². The Kier molecular flexibility index (Phi) is 6.08. The van der Waals surface area contributed by atoms with Crippen LogP contribution in [0.1, 0.15) is 39.0 Å². The second-order valence-corrected chi connectivity index (χ2v) is 5.65. The summed E-state index contributed by atoms with van der Waals surface area (Å²) in [5.74, 6) is 0. The zero-order valence-corrected chi connectivity index (χ0v) is 11.8. The van der Waals surface area contributed by atoms with Crippen molar-refractivity contribution in [3.63, 3.8) is 0 Å². The summed E-state index contributed by atoms with van der Waals surface area (Å²) in [5, 5.41) is 12.9. The molecule has 114 valence electrons. The van der Waals surface area contributed by atoms with Crippen molar-refractivity contribution in [1.82, 2.24) is 10.2 Å². The summed E-state index contributed by atoms with van der Waals surface area (Å²) in [6.07, 6.45) is -0.183. The summed E-state index contributed by atoms with van der Waals surface area (Å²) >= 11 is 0. The molecule has 1 aliphatic rings. The monoisotopic (exact) mass is 282 g/mol. The highest BCUT2D eigenvalue weighted by atomic mass is 19.4. The van der Waals surface area contributed by atoms with Crippen LogP contribution in [-0.4, -0.2) is 54.5 Å². The average molecular weight is 282 g/mol. The number of nitrogens with zero attached hydrogens (tertiary/aromatic N) is 1. The second-order valence-electron chi connectivity index (χ2n) is 5.65. The quantitative estimate of drug-likeness (QED) is 0.783. The van der Waals surface area contributed by atoms with Gasteiger partial charge in [-0.1, -0.05) is 6.92 Å². The van der Waals surface area contributed by atoms with E-state index in [-0.39, 0.29) is 12.6 Å². The number of hydrogen-bond donors (Lipinski definition) is 2. The highest BCUT2D eigenvalue weighted by molar-refractivity contribution is 4.96. The molecule has 0 aromatic carbocycles. The molecule has 0 spiro atoms. The Morgan fingerprint density at radius 2 is 2.11 bits per heavy atom. The van der Waals surface area contributed by atoms with Crippen LogP contribution in [0, 0.1) is 0 Å². The molecule has 0 aliphatic heterocycles. The molecule has 0 aromatic heterocycles. The predicted molar refractivity (Wildman–Crippen MR) is 69.1 cm³/mol. The molecule has 0 bridgehead atoms. The lowest BCUT2D eigenvalue weighted by Crippen LogP contribution is -2.56. The van der Waals surface area contributed by atoms with Crippen molar-refractivity contribution in [2.24, 2.45) is 0 Å². The summed E-state index contributed by atoms with van der Waals surface area (Å²) in [4.78, 5) is 1.37. The number of halogens is 3. The Labute approximate surface area is 113 Å². The highest BCUT2D eigenvalue weighted by Gasteiger charge is 2.39. The van der Waals surface area contributed by atoms with Gasteiger partial charge < -0.3 is 10.4 Å². The number of alkyl halides is 3. The Balaban J connectivity index is 2.61. The van der Waals surface area contributed by atoms with E-state index in [4.69, 9.17) is 0 Å². The number of hydrogen-bond acceptors (Lipinski definition) is 3. The molecule has 0 amide bonds. The molecular weight excluding hydrogens is 257 g/mol. The van der Waals surface area contributed by atoms with Crippen LogP contribution in [0.2, 0.25) is 0 Å². The zero-order chi connectivity index (χ0) is 14.5. The van der Waals surface area contributed by atoms with Crippen molar-refractivity contribution in [1.29, 1.82) is 0 Å². The van der Waals surface area contributed by atoms with E-state index in [2.05, 4.69) is 5.32 Å². The van der Waals surface area contributed by atoms with Crippen molar-refractivity contribution in [2.75, 3.05) is 26.7 Å². The normalized spacial score (nSPS) is 28.9. The molecule has 1 fully saturated rings. The molecule has 1 saturated carbocycles. The third kappa shape index (κ3) is 5.28. The standard InChI is InChI=1S/C13H25F3N2O/c1-3-7-17-12(10-19)6-4-5-11(8-12)18(2)9-13(14,15)16/h11,17,19H,3-10H2,1-2H3. The van der Waals surface area contributed by atoms with E-state index < -0.39 is 18.3 Å². The largest absolute Gasteiger partial charge is 0.401 e. The molecule has 0 heterocycles. The van der Waals surface area contributed by atoms with Crippen molar-refractivity contribution < 1.29 is 18.3 Å². The maximum absolute atomic E-state index is 12.4. The molecule has 2 unspecified atom stereocenters. The molecule has 19 heavy (non-hydrogen) atoms. The van der Waals surface area contributed by atoms with Gasteiger partial charge in [0.1, 0.15) is 0 Å². The van der Waals surface area contributed by atoms with Crippen LogP contribution < -0.4 is 5.32 Å². The summed E-state index contributed by atoms with van der Waals surface area (Å²) < 4.78 is 37.3. The van der Waals surface area contributed by atoms with Crippen LogP contribution in [0.25, 0.3) is 0 Å². The van der Waals surface area contributed by atoms with E-state index >= 15 is 0 Å². The van der Waals surface area contributed by atoms with Gasteiger partial charge in [-0.05, 0) is 45.7 Å². The molecule has 1 aliphatic carbocycles. The molecule has 0 aromatic rings. The molecule has 2 N–H and O–H groups in total. The van der Waals surface area contributed by atoms with Gasteiger partial charge in [0.2, 0.25) is 0 Å². The number of nitrogens with one attached hydrogen (secondary N) is 1. The van der Waals surface area contributed by atoms with Gasteiger partial charge in [0, 0.05) is 11.6 Å². The van der Waals surface area contributed by atoms with E-state index in [0.717, 1.165) is 32.2 Å². The Morgan fingerprint density at radius 1 is 1.42 bits per heavy atom. The van der Waals surface area contributed by atoms with Gasteiger partial charge in [-0.15, -0.1) is 0 Å². The van der Waals surface area contributed by atoms with Crippen LogP contribution in [0.5, 0.6) is 0 Å². The highest BCUT2D eigenvalue weighted by Crippen LogP contribution is 2.32. The fourth-order valence-corrected chi connectivity index (χ4v) is 2.87. The summed E-state index contributed by atoms with van der Waals surface area (Å²) in [6.45, 7) is 1.93. The lowest BCUT2D eigenvalue weighted by atomic mass is 9.79. The van der Waals surface area contributed by atoms with Gasteiger partial charge in [-0.25, -0.2) is 0 Å². The van der Waals surface area contributed by atoms with Gasteiger partial charge in [0.25, 0.3) is 0 Å². The van der Waals surface area contributed by atoms with Crippen LogP contribution in [0.4, 0.5) is 13.2 Å². The lowest BCUT2D eigenvalue weighted by Gasteiger charge is -2.43. The number of rotatable bonds is 6. The van der Waals surface area contributed by atoms with E-state index in [1.165, 1.54) is 11.9 Å². The first-order chi connectivity index (χ1) is 8.82. The number of aliphatic hydroxyl groups is 1. The van der Waals surface area contributed by atoms with Gasteiger partial charge in [-0.2, -0.15) is 13.2 Å². The third-order valence-electron chi connectivity index (χ3n) is 3.92. The lowest BCUT2D eigenvalue weighted by molar-refractivity contribution is -0.150. The Morgan fingerprint density at radius 3 is 2.63 bits per heavy atom. The van der Waals surface area contributed by atoms with Crippen molar-refractivity contribution >= 4 is 0 Å². The molecule has 0 radical (unpaired) electrons. The summed E-state index contributed by atoms with van der Waals surface area (Å²) in [5.41, 5.74) is -0.404.